The summed E-state index contributed by atoms with van der Waals surface area (Å²) in [4.78, 5) is 36.9. The average Bonchev–Trinajstić information content (AvgIpc) is 3.46. The van der Waals surface area contributed by atoms with Crippen molar-refractivity contribution in [3.8, 4) is 5.75 Å². The van der Waals surface area contributed by atoms with Crippen LogP contribution in [0.25, 0.3) is 0 Å². The normalized spacial score (nSPS) is 15.7. The van der Waals surface area contributed by atoms with Gasteiger partial charge in [0, 0.05) is 57.4 Å². The molecule has 3 N–H and O–H groups in total. The number of aliphatic hydroxyl groups excluding tert-OH is 1. The molecule has 2 amide bonds. The number of anilines is 1. The molecule has 5 rings (SSSR count). The molecule has 1 fully saturated rings. The van der Waals surface area contributed by atoms with E-state index in [4.69, 9.17) is 9.15 Å². The number of hydrogen-bond donors (Lipinski definition) is 3. The van der Waals surface area contributed by atoms with Crippen LogP contribution in [0.3, 0.4) is 0 Å². The summed E-state index contributed by atoms with van der Waals surface area (Å²) in [6, 6.07) is 9.54. The molecule has 12 heteroatoms. The second-order valence-electron chi connectivity index (χ2n) is 10.4. The monoisotopic (exact) mass is 582 g/mol. The topological polar surface area (TPSA) is 133 Å². The van der Waals surface area contributed by atoms with Crippen molar-refractivity contribution >= 4 is 31.1 Å². The van der Waals surface area contributed by atoms with Gasteiger partial charge < -0.3 is 29.8 Å². The number of rotatable bonds is 12. The predicted octanol–water partition coefficient (Wildman–Crippen LogP) is 2.33. The molecule has 0 unspecified atom stereocenters. The van der Waals surface area contributed by atoms with E-state index in [1.807, 2.05) is 17.9 Å². The van der Waals surface area contributed by atoms with Gasteiger partial charge in [0.15, 0.2) is 12.2 Å². The highest BCUT2D eigenvalue weighted by atomic mass is 32.1. The summed E-state index contributed by atoms with van der Waals surface area (Å²) < 4.78 is 11.0. The maximum Gasteiger partial charge on any atom is 0.251 e. The van der Waals surface area contributed by atoms with Gasteiger partial charge in [-0.25, -0.2) is 9.97 Å². The molecule has 0 bridgehead atoms. The van der Waals surface area contributed by atoms with Crippen LogP contribution in [0.15, 0.2) is 53.5 Å². The molecule has 1 saturated heterocycles. The van der Waals surface area contributed by atoms with Gasteiger partial charge in [0.1, 0.15) is 18.2 Å². The number of pyridine rings is 1. The van der Waals surface area contributed by atoms with Gasteiger partial charge in [-0.1, -0.05) is 13.0 Å². The van der Waals surface area contributed by atoms with E-state index in [-0.39, 0.29) is 37.9 Å². The Morgan fingerprint density at radius 3 is 2.85 bits per heavy atom. The van der Waals surface area contributed by atoms with Crippen molar-refractivity contribution < 1.29 is 23.8 Å². The molecule has 0 radical (unpaired) electrons. The summed E-state index contributed by atoms with van der Waals surface area (Å²) in [5, 5.41) is 16.7. The van der Waals surface area contributed by atoms with Gasteiger partial charge in [-0.3, -0.25) is 14.5 Å². The molecule has 2 aromatic heterocycles. The third kappa shape index (κ3) is 8.21. The average molecular weight is 583 g/mol. The molecule has 1 atom stereocenters. The molecule has 0 spiro atoms. The smallest absolute Gasteiger partial charge is 0.251 e. The van der Waals surface area contributed by atoms with Crippen molar-refractivity contribution in [2.45, 2.75) is 51.5 Å². The van der Waals surface area contributed by atoms with Gasteiger partial charge in [-0.05, 0) is 48.2 Å². The van der Waals surface area contributed by atoms with E-state index in [1.54, 1.807) is 24.5 Å². The van der Waals surface area contributed by atoms with Crippen LogP contribution in [0.5, 0.6) is 5.75 Å². The highest BCUT2D eigenvalue weighted by molar-refractivity contribution is 7.59. The molecule has 220 valence electrons. The number of amides is 2. The first-order valence-corrected chi connectivity index (χ1v) is 13.8. The molecule has 2 aliphatic rings. The molecular weight excluding hydrogens is 544 g/mol. The summed E-state index contributed by atoms with van der Waals surface area (Å²) in [6.45, 7) is 5.76. The minimum atomic E-state index is -0.698. The molecular formula is C29H38N6O5S. The Hall–Kier alpha value is -3.61. The lowest BCUT2D eigenvalue weighted by Crippen LogP contribution is -2.57. The van der Waals surface area contributed by atoms with E-state index in [0.717, 1.165) is 31.7 Å². The van der Waals surface area contributed by atoms with Crippen LogP contribution in [-0.4, -0.2) is 81.6 Å². The minimum Gasteiger partial charge on any atom is -0.486 e. The number of benzene rings is 1. The van der Waals surface area contributed by atoms with Crippen molar-refractivity contribution in [3.63, 3.8) is 0 Å². The fourth-order valence-electron chi connectivity index (χ4n) is 4.98. The van der Waals surface area contributed by atoms with Crippen molar-refractivity contribution in [2.24, 2.45) is 0 Å². The summed E-state index contributed by atoms with van der Waals surface area (Å²) in [5.74, 6) is 1.97. The number of ether oxygens (including phenoxy) is 1. The number of fused-ring (bicyclic) bond motifs is 1. The lowest BCUT2D eigenvalue weighted by atomic mass is 9.99. The highest BCUT2D eigenvalue weighted by Gasteiger charge is 2.30. The van der Waals surface area contributed by atoms with Crippen molar-refractivity contribution in [1.82, 2.24) is 25.1 Å². The van der Waals surface area contributed by atoms with E-state index < -0.39 is 6.10 Å². The van der Waals surface area contributed by atoms with E-state index in [9.17, 15) is 14.7 Å². The second kappa shape index (κ2) is 14.3. The lowest BCUT2D eigenvalue weighted by molar-refractivity contribution is -0.135. The van der Waals surface area contributed by atoms with Crippen LogP contribution >= 0.6 is 13.5 Å². The first kappa shape index (κ1) is 30.4. The zero-order valence-electron chi connectivity index (χ0n) is 23.2. The summed E-state index contributed by atoms with van der Waals surface area (Å²) in [6.07, 6.45) is 6.18. The Bertz CT molecular complexity index is 1300. The molecule has 2 aliphatic heterocycles. The molecule has 0 saturated carbocycles. The largest absolute Gasteiger partial charge is 0.486 e. The number of aliphatic hydroxyl groups is 1. The Morgan fingerprint density at radius 2 is 2.07 bits per heavy atom. The fraction of sp³-hybridized carbons (Fsp3) is 0.448. The van der Waals surface area contributed by atoms with E-state index in [0.29, 0.717) is 49.8 Å². The van der Waals surface area contributed by atoms with Gasteiger partial charge in [0.25, 0.3) is 5.91 Å². The Kier molecular flexibility index (Phi) is 10.6. The Balaban J connectivity index is 0.00000387. The van der Waals surface area contributed by atoms with Crippen LogP contribution in [0.4, 0.5) is 5.82 Å². The summed E-state index contributed by atoms with van der Waals surface area (Å²) in [5.41, 5.74) is 2.91. The predicted molar refractivity (Wildman–Crippen MR) is 158 cm³/mol. The fourth-order valence-corrected chi connectivity index (χ4v) is 4.98. The summed E-state index contributed by atoms with van der Waals surface area (Å²) >= 11 is 0. The number of nitrogens with one attached hydrogen (secondary N) is 2. The number of oxazole rings is 1. The van der Waals surface area contributed by atoms with Gasteiger partial charge in [-0.15, -0.1) is 0 Å². The molecule has 1 aromatic carbocycles. The number of nitrogens with zero attached hydrogens (tertiary/aromatic N) is 4. The van der Waals surface area contributed by atoms with E-state index >= 15 is 0 Å². The van der Waals surface area contributed by atoms with Crippen LogP contribution in [0.2, 0.25) is 0 Å². The molecule has 0 aliphatic carbocycles. The van der Waals surface area contributed by atoms with Gasteiger partial charge in [0.05, 0.1) is 18.3 Å². The van der Waals surface area contributed by atoms with Crippen molar-refractivity contribution in [3.05, 3.63) is 71.6 Å². The third-order valence-corrected chi connectivity index (χ3v) is 7.17. The standard InChI is InChI=1S/C29H36N6O5.H2S/c1-2-3-28(37)35-15-23(16-35)33-27-11-21(6-8-31-27)29(38)32-12-24(36)17-34-9-7-20-10-25(5-4-22(20)14-34)39-18-26-13-30-19-40-26;/h4-6,8,10-11,13,19,23-24,36H,2-3,7,9,12,14-18H2,1H3,(H,31,33)(H,32,38);1H2/t24-;/m0./s1. The zero-order valence-corrected chi connectivity index (χ0v) is 24.2. The van der Waals surface area contributed by atoms with Crippen LogP contribution < -0.4 is 15.4 Å². The lowest BCUT2D eigenvalue weighted by Gasteiger charge is -2.39. The number of β-amino-alcohol motifs (C(OH)–C–C–N with tert-alkyl or cyclic N) is 1. The van der Waals surface area contributed by atoms with E-state index in [1.165, 1.54) is 17.5 Å². The Labute approximate surface area is 246 Å². The van der Waals surface area contributed by atoms with Crippen LogP contribution in [-0.2, 0) is 24.4 Å². The molecule has 4 heterocycles. The Morgan fingerprint density at radius 1 is 1.22 bits per heavy atom. The van der Waals surface area contributed by atoms with Crippen LogP contribution in [0.1, 0.15) is 47.0 Å². The number of likely N-dealkylation sites (tertiary alicyclic amines) is 1. The third-order valence-electron chi connectivity index (χ3n) is 7.17. The quantitative estimate of drug-likeness (QED) is 0.294. The maximum atomic E-state index is 12.7. The highest BCUT2D eigenvalue weighted by Crippen LogP contribution is 2.24. The number of hydrogen-bond acceptors (Lipinski definition) is 9. The maximum absolute atomic E-state index is 12.7. The van der Waals surface area contributed by atoms with Gasteiger partial charge in [0.2, 0.25) is 5.91 Å². The number of carbonyl (C=O) groups is 2. The molecule has 3 aromatic rings. The number of aromatic nitrogens is 2. The van der Waals surface area contributed by atoms with Crippen molar-refractivity contribution in [1.29, 1.82) is 0 Å². The molecule has 41 heavy (non-hydrogen) atoms. The van der Waals surface area contributed by atoms with Gasteiger partial charge in [-0.2, -0.15) is 13.5 Å². The number of carbonyl (C=O) groups excluding carboxylic acids is 2. The SMILES string of the molecule is CCCC(=O)N1CC(Nc2cc(C(=O)NC[C@H](O)CN3CCc4cc(OCc5cnco5)ccc4C3)ccn2)C1.S. The first-order valence-electron chi connectivity index (χ1n) is 13.8. The first-order chi connectivity index (χ1) is 19.5. The van der Waals surface area contributed by atoms with Crippen molar-refractivity contribution in [2.75, 3.05) is 38.0 Å². The minimum absolute atomic E-state index is 0. The zero-order chi connectivity index (χ0) is 27.9. The summed E-state index contributed by atoms with van der Waals surface area (Å²) in [7, 11) is 0. The second-order valence-corrected chi connectivity index (χ2v) is 10.4. The van der Waals surface area contributed by atoms with Gasteiger partial charge >= 0.3 is 0 Å². The molecule has 11 nitrogen and oxygen atoms in total. The van der Waals surface area contributed by atoms with E-state index in [2.05, 4.69) is 37.6 Å². The van der Waals surface area contributed by atoms with Crippen LogP contribution in [0, 0.1) is 0 Å².